The average molecular weight is 281 g/mol. The summed E-state index contributed by atoms with van der Waals surface area (Å²) in [5.74, 6) is 0.184. The van der Waals surface area contributed by atoms with Gasteiger partial charge in [0.25, 0.3) is 0 Å². The molecule has 1 heterocycles. The Bertz CT molecular complexity index is 442. The fraction of sp³-hybridized carbons (Fsp3) is 0.533. The fourth-order valence-corrected chi connectivity index (χ4v) is 3.50. The van der Waals surface area contributed by atoms with E-state index in [-0.39, 0.29) is 11.7 Å². The smallest absolute Gasteiger partial charge is 0.233 e. The second kappa shape index (κ2) is 6.42. The molecule has 2 rings (SSSR count). The summed E-state index contributed by atoms with van der Waals surface area (Å²) in [6.07, 6.45) is 3.33. The van der Waals surface area contributed by atoms with E-state index in [1.807, 2.05) is 4.90 Å². The van der Waals surface area contributed by atoms with Crippen LogP contribution in [0.3, 0.4) is 0 Å². The topological polar surface area (TPSA) is 20.3 Å². The van der Waals surface area contributed by atoms with Gasteiger partial charge in [0.05, 0.1) is 5.75 Å². The molecule has 1 aromatic rings. The first-order valence-corrected chi connectivity index (χ1v) is 7.76. The minimum Gasteiger partial charge on any atom is -0.337 e. The van der Waals surface area contributed by atoms with Gasteiger partial charge in [0.2, 0.25) is 5.91 Å². The number of likely N-dealkylation sites (tertiary alicyclic amines) is 1. The zero-order valence-corrected chi connectivity index (χ0v) is 12.3. The normalized spacial score (nSPS) is 23.4. The Balaban J connectivity index is 1.95. The first-order chi connectivity index (χ1) is 9.09. The van der Waals surface area contributed by atoms with Crippen molar-refractivity contribution in [1.82, 2.24) is 4.90 Å². The third-order valence-corrected chi connectivity index (χ3v) is 4.70. The SMILES string of the molecule is CC1CCCC(C)N1C(=O)CSc1ccccc1F. The molecule has 1 aliphatic rings. The molecule has 19 heavy (non-hydrogen) atoms. The lowest BCUT2D eigenvalue weighted by molar-refractivity contribution is -0.134. The van der Waals surface area contributed by atoms with E-state index in [0.717, 1.165) is 12.8 Å². The van der Waals surface area contributed by atoms with E-state index in [0.29, 0.717) is 22.7 Å². The van der Waals surface area contributed by atoms with Crippen LogP contribution in [0.5, 0.6) is 0 Å². The van der Waals surface area contributed by atoms with Gasteiger partial charge in [-0.15, -0.1) is 11.8 Å². The molecule has 104 valence electrons. The molecule has 1 amide bonds. The van der Waals surface area contributed by atoms with Gasteiger partial charge in [-0.25, -0.2) is 4.39 Å². The lowest BCUT2D eigenvalue weighted by Crippen LogP contribution is -2.48. The van der Waals surface area contributed by atoms with Crippen LogP contribution < -0.4 is 0 Å². The fourth-order valence-electron chi connectivity index (χ4n) is 2.69. The molecular weight excluding hydrogens is 261 g/mol. The van der Waals surface area contributed by atoms with Gasteiger partial charge >= 0.3 is 0 Å². The summed E-state index contributed by atoms with van der Waals surface area (Å²) < 4.78 is 13.5. The number of carbonyl (C=O) groups is 1. The first-order valence-electron chi connectivity index (χ1n) is 6.78. The van der Waals surface area contributed by atoms with Crippen LogP contribution in [-0.2, 0) is 4.79 Å². The monoisotopic (exact) mass is 281 g/mol. The number of hydrogen-bond acceptors (Lipinski definition) is 2. The molecule has 0 bridgehead atoms. The van der Waals surface area contributed by atoms with Crippen LogP contribution >= 0.6 is 11.8 Å². The zero-order chi connectivity index (χ0) is 13.8. The van der Waals surface area contributed by atoms with E-state index in [1.54, 1.807) is 18.2 Å². The van der Waals surface area contributed by atoms with Crippen LogP contribution in [0.15, 0.2) is 29.2 Å². The third kappa shape index (κ3) is 3.50. The Morgan fingerprint density at radius 1 is 1.32 bits per heavy atom. The maximum Gasteiger partial charge on any atom is 0.233 e. The van der Waals surface area contributed by atoms with Gasteiger partial charge in [0.15, 0.2) is 0 Å². The van der Waals surface area contributed by atoms with E-state index in [9.17, 15) is 9.18 Å². The van der Waals surface area contributed by atoms with E-state index in [1.165, 1.54) is 24.2 Å². The Morgan fingerprint density at radius 3 is 2.58 bits per heavy atom. The highest BCUT2D eigenvalue weighted by Crippen LogP contribution is 2.26. The van der Waals surface area contributed by atoms with Crippen molar-refractivity contribution >= 4 is 17.7 Å². The quantitative estimate of drug-likeness (QED) is 0.787. The highest BCUT2D eigenvalue weighted by atomic mass is 32.2. The van der Waals surface area contributed by atoms with Crippen LogP contribution in [0, 0.1) is 5.82 Å². The van der Waals surface area contributed by atoms with Gasteiger partial charge in [0, 0.05) is 17.0 Å². The number of amides is 1. The summed E-state index contributed by atoms with van der Waals surface area (Å²) in [5, 5.41) is 0. The Kier molecular flexibility index (Phi) is 4.86. The van der Waals surface area contributed by atoms with Crippen LogP contribution in [0.1, 0.15) is 33.1 Å². The highest BCUT2D eigenvalue weighted by Gasteiger charge is 2.28. The summed E-state index contributed by atoms with van der Waals surface area (Å²) in [6.45, 7) is 4.20. The molecule has 4 heteroatoms. The molecule has 0 aliphatic carbocycles. The number of carbonyl (C=O) groups excluding carboxylic acids is 1. The van der Waals surface area contributed by atoms with E-state index < -0.39 is 0 Å². The number of rotatable bonds is 3. The Labute approximate surface area is 118 Å². The Hall–Kier alpha value is -1.03. The molecule has 2 nitrogen and oxygen atoms in total. The zero-order valence-electron chi connectivity index (χ0n) is 11.4. The summed E-state index contributed by atoms with van der Waals surface area (Å²) in [4.78, 5) is 14.8. The standard InChI is InChI=1S/C15H20FNOS/c1-11-6-5-7-12(2)17(11)15(18)10-19-14-9-4-3-8-13(14)16/h3-4,8-9,11-12H,5-7,10H2,1-2H3. The first kappa shape index (κ1) is 14.4. The van der Waals surface area contributed by atoms with Gasteiger partial charge in [-0.3, -0.25) is 4.79 Å². The molecule has 0 radical (unpaired) electrons. The van der Waals surface area contributed by atoms with Crippen molar-refractivity contribution < 1.29 is 9.18 Å². The minimum atomic E-state index is -0.250. The van der Waals surface area contributed by atoms with E-state index in [2.05, 4.69) is 13.8 Å². The molecular formula is C15H20FNOS. The summed E-state index contributed by atoms with van der Waals surface area (Å²) >= 11 is 1.29. The van der Waals surface area contributed by atoms with Crippen LogP contribution in [0.2, 0.25) is 0 Å². The molecule has 1 aliphatic heterocycles. The molecule has 1 saturated heterocycles. The largest absolute Gasteiger partial charge is 0.337 e. The van der Waals surface area contributed by atoms with Crippen LogP contribution in [-0.4, -0.2) is 28.6 Å². The minimum absolute atomic E-state index is 0.118. The summed E-state index contributed by atoms with van der Waals surface area (Å²) in [5.41, 5.74) is 0. The molecule has 2 unspecified atom stereocenters. The summed E-state index contributed by atoms with van der Waals surface area (Å²) in [7, 11) is 0. The van der Waals surface area contributed by atoms with E-state index in [4.69, 9.17) is 0 Å². The van der Waals surface area contributed by atoms with Gasteiger partial charge < -0.3 is 4.90 Å². The van der Waals surface area contributed by atoms with Crippen LogP contribution in [0.25, 0.3) is 0 Å². The molecule has 0 saturated carbocycles. The van der Waals surface area contributed by atoms with Gasteiger partial charge in [0.1, 0.15) is 5.82 Å². The number of halogens is 1. The highest BCUT2D eigenvalue weighted by molar-refractivity contribution is 8.00. The van der Waals surface area contributed by atoms with Crippen molar-refractivity contribution in [3.8, 4) is 0 Å². The maximum absolute atomic E-state index is 13.5. The van der Waals surface area contributed by atoms with Gasteiger partial charge in [-0.1, -0.05) is 12.1 Å². The van der Waals surface area contributed by atoms with Gasteiger partial charge in [-0.05, 0) is 45.2 Å². The number of hydrogen-bond donors (Lipinski definition) is 0. The van der Waals surface area contributed by atoms with Crippen molar-refractivity contribution in [1.29, 1.82) is 0 Å². The summed E-state index contributed by atoms with van der Waals surface area (Å²) in [6, 6.07) is 7.21. The number of nitrogens with zero attached hydrogens (tertiary/aromatic N) is 1. The van der Waals surface area contributed by atoms with Crippen molar-refractivity contribution in [3.63, 3.8) is 0 Å². The third-order valence-electron chi connectivity index (χ3n) is 3.67. The number of thioether (sulfide) groups is 1. The lowest BCUT2D eigenvalue weighted by atomic mass is 9.98. The second-order valence-electron chi connectivity index (χ2n) is 5.15. The van der Waals surface area contributed by atoms with Gasteiger partial charge in [-0.2, -0.15) is 0 Å². The molecule has 0 N–H and O–H groups in total. The molecule has 0 spiro atoms. The number of piperidine rings is 1. The van der Waals surface area contributed by atoms with E-state index >= 15 is 0 Å². The number of benzene rings is 1. The van der Waals surface area contributed by atoms with Crippen molar-refractivity contribution in [2.24, 2.45) is 0 Å². The Morgan fingerprint density at radius 2 is 1.95 bits per heavy atom. The van der Waals surface area contributed by atoms with Crippen molar-refractivity contribution in [3.05, 3.63) is 30.1 Å². The maximum atomic E-state index is 13.5. The van der Waals surface area contributed by atoms with Crippen LogP contribution in [0.4, 0.5) is 4.39 Å². The lowest BCUT2D eigenvalue weighted by Gasteiger charge is -2.39. The molecule has 0 aromatic heterocycles. The van der Waals surface area contributed by atoms with Crippen molar-refractivity contribution in [2.75, 3.05) is 5.75 Å². The predicted octanol–water partition coefficient (Wildman–Crippen LogP) is 3.71. The van der Waals surface area contributed by atoms with Crippen molar-refractivity contribution in [2.45, 2.75) is 50.1 Å². The average Bonchev–Trinajstić information content (AvgIpc) is 2.37. The second-order valence-corrected chi connectivity index (χ2v) is 6.17. The molecule has 1 fully saturated rings. The molecule has 1 aromatic carbocycles. The predicted molar refractivity (Wildman–Crippen MR) is 76.7 cm³/mol. The molecule has 2 atom stereocenters.